The summed E-state index contributed by atoms with van der Waals surface area (Å²) in [7, 11) is 0. The van der Waals surface area contributed by atoms with Crippen molar-refractivity contribution >= 4 is 5.97 Å². The van der Waals surface area contributed by atoms with Gasteiger partial charge in [-0.05, 0) is 31.6 Å². The van der Waals surface area contributed by atoms with Crippen molar-refractivity contribution in [2.24, 2.45) is 11.8 Å². The Morgan fingerprint density at radius 2 is 2.27 bits per heavy atom. The van der Waals surface area contributed by atoms with Crippen LogP contribution in [0.25, 0.3) is 0 Å². The number of rotatable bonds is 4. The molecule has 15 heavy (non-hydrogen) atoms. The summed E-state index contributed by atoms with van der Waals surface area (Å²) in [4.78, 5) is 10.8. The van der Waals surface area contributed by atoms with Crippen LogP contribution in [0.5, 0.6) is 0 Å². The summed E-state index contributed by atoms with van der Waals surface area (Å²) in [5.74, 6) is -0.234. The molecule has 0 amide bonds. The lowest BCUT2D eigenvalue weighted by Gasteiger charge is -2.35. The molecule has 3 atom stereocenters. The third-order valence-corrected chi connectivity index (χ3v) is 3.51. The molecule has 4 nitrogen and oxygen atoms in total. The van der Waals surface area contributed by atoms with Gasteiger partial charge in [0.05, 0.1) is 12.5 Å². The van der Waals surface area contributed by atoms with Gasteiger partial charge in [-0.2, -0.15) is 0 Å². The fourth-order valence-electron chi connectivity index (χ4n) is 2.33. The van der Waals surface area contributed by atoms with Crippen molar-refractivity contribution in [2.75, 3.05) is 19.8 Å². The number of carbonyl (C=O) groups is 1. The summed E-state index contributed by atoms with van der Waals surface area (Å²) in [5, 5.41) is 12.2. The fraction of sp³-hybridized carbons (Fsp3) is 0.909. The lowest BCUT2D eigenvalue weighted by atomic mass is 9.79. The highest BCUT2D eigenvalue weighted by molar-refractivity contribution is 5.72. The second-order valence-corrected chi connectivity index (χ2v) is 4.62. The Bertz CT molecular complexity index is 226. The van der Waals surface area contributed by atoms with Crippen molar-refractivity contribution in [1.29, 1.82) is 0 Å². The molecule has 2 aliphatic rings. The van der Waals surface area contributed by atoms with E-state index in [1.54, 1.807) is 0 Å². The van der Waals surface area contributed by atoms with Crippen molar-refractivity contribution in [3.8, 4) is 0 Å². The number of ether oxygens (including phenoxy) is 1. The maximum absolute atomic E-state index is 10.8. The van der Waals surface area contributed by atoms with Crippen LogP contribution >= 0.6 is 0 Å². The van der Waals surface area contributed by atoms with Gasteiger partial charge in [0.25, 0.3) is 0 Å². The monoisotopic (exact) mass is 213 g/mol. The average molecular weight is 213 g/mol. The minimum absolute atomic E-state index is 0.158. The molecule has 0 aromatic carbocycles. The maximum Gasteiger partial charge on any atom is 0.308 e. The van der Waals surface area contributed by atoms with Crippen LogP contribution in [0.2, 0.25) is 0 Å². The molecule has 3 unspecified atom stereocenters. The first-order valence-corrected chi connectivity index (χ1v) is 5.81. The largest absolute Gasteiger partial charge is 0.481 e. The van der Waals surface area contributed by atoms with Crippen LogP contribution in [-0.4, -0.2) is 36.9 Å². The molecule has 0 aromatic rings. The van der Waals surface area contributed by atoms with Crippen molar-refractivity contribution in [3.63, 3.8) is 0 Å². The molecule has 0 bridgehead atoms. The number of hydrogen-bond acceptors (Lipinski definition) is 3. The molecule has 2 rings (SSSR count). The number of carboxylic acid groups (broad SMARTS) is 1. The van der Waals surface area contributed by atoms with Crippen molar-refractivity contribution in [2.45, 2.75) is 31.7 Å². The van der Waals surface area contributed by atoms with E-state index in [1.165, 1.54) is 6.42 Å². The summed E-state index contributed by atoms with van der Waals surface area (Å²) >= 11 is 0. The zero-order valence-corrected chi connectivity index (χ0v) is 8.95. The first kappa shape index (κ1) is 10.9. The Kier molecular flexibility index (Phi) is 3.59. The van der Waals surface area contributed by atoms with Crippen molar-refractivity contribution < 1.29 is 14.6 Å². The van der Waals surface area contributed by atoms with Crippen LogP contribution in [0, 0.1) is 11.8 Å². The molecule has 2 N–H and O–H groups in total. The second-order valence-electron chi connectivity index (χ2n) is 4.62. The third-order valence-electron chi connectivity index (χ3n) is 3.51. The molecule has 1 saturated carbocycles. The minimum Gasteiger partial charge on any atom is -0.481 e. The fourth-order valence-corrected chi connectivity index (χ4v) is 2.33. The second kappa shape index (κ2) is 4.94. The Morgan fingerprint density at radius 3 is 2.80 bits per heavy atom. The lowest BCUT2D eigenvalue weighted by Crippen LogP contribution is -2.49. The van der Waals surface area contributed by atoms with Crippen molar-refractivity contribution in [3.05, 3.63) is 0 Å². The van der Waals surface area contributed by atoms with Gasteiger partial charge in [0, 0.05) is 19.2 Å². The van der Waals surface area contributed by atoms with E-state index < -0.39 is 5.97 Å². The average Bonchev–Trinajstić information content (AvgIpc) is 2.17. The Balaban J connectivity index is 1.67. The van der Waals surface area contributed by atoms with Crippen LogP contribution in [0.4, 0.5) is 0 Å². The number of aliphatic carboxylic acids is 1. The van der Waals surface area contributed by atoms with Gasteiger partial charge in [-0.25, -0.2) is 0 Å². The standard InChI is InChI=1S/C11H19NO3/c13-11(14)9-3-4-10(9)12-6-8-2-1-5-15-7-8/h8-10,12H,1-7H2,(H,13,14). The first-order valence-electron chi connectivity index (χ1n) is 5.81. The highest BCUT2D eigenvalue weighted by Crippen LogP contribution is 2.27. The van der Waals surface area contributed by atoms with Crippen LogP contribution in [0.15, 0.2) is 0 Å². The van der Waals surface area contributed by atoms with E-state index in [1.807, 2.05) is 0 Å². The zero-order valence-electron chi connectivity index (χ0n) is 8.95. The Morgan fingerprint density at radius 1 is 1.40 bits per heavy atom. The lowest BCUT2D eigenvalue weighted by molar-refractivity contribution is -0.146. The van der Waals surface area contributed by atoms with E-state index in [0.29, 0.717) is 5.92 Å². The SMILES string of the molecule is O=C(O)C1CCC1NCC1CCCOC1. The molecular formula is C11H19NO3. The van der Waals surface area contributed by atoms with Gasteiger partial charge in [0.2, 0.25) is 0 Å². The summed E-state index contributed by atoms with van der Waals surface area (Å²) in [5.41, 5.74) is 0. The topological polar surface area (TPSA) is 58.6 Å². The highest BCUT2D eigenvalue weighted by Gasteiger charge is 2.36. The summed E-state index contributed by atoms with van der Waals surface area (Å²) in [6.07, 6.45) is 4.18. The molecule has 0 spiro atoms. The van der Waals surface area contributed by atoms with Crippen LogP contribution < -0.4 is 5.32 Å². The van der Waals surface area contributed by atoms with E-state index >= 15 is 0 Å². The molecule has 1 aliphatic carbocycles. The molecular weight excluding hydrogens is 194 g/mol. The maximum atomic E-state index is 10.8. The van der Waals surface area contributed by atoms with Gasteiger partial charge in [0.15, 0.2) is 0 Å². The van der Waals surface area contributed by atoms with E-state index in [-0.39, 0.29) is 12.0 Å². The minimum atomic E-state index is -0.654. The third kappa shape index (κ3) is 2.69. The quantitative estimate of drug-likeness (QED) is 0.727. The summed E-state index contributed by atoms with van der Waals surface area (Å²) in [6.45, 7) is 2.63. The summed E-state index contributed by atoms with van der Waals surface area (Å²) in [6, 6.07) is 0.199. The van der Waals surface area contributed by atoms with Crippen molar-refractivity contribution in [1.82, 2.24) is 5.32 Å². The molecule has 0 radical (unpaired) electrons. The van der Waals surface area contributed by atoms with Gasteiger partial charge in [0.1, 0.15) is 0 Å². The van der Waals surface area contributed by atoms with Crippen LogP contribution in [-0.2, 0) is 9.53 Å². The van der Waals surface area contributed by atoms with Crippen LogP contribution in [0.3, 0.4) is 0 Å². The van der Waals surface area contributed by atoms with E-state index in [0.717, 1.165) is 39.0 Å². The van der Waals surface area contributed by atoms with Gasteiger partial charge in [-0.3, -0.25) is 4.79 Å². The molecule has 2 fully saturated rings. The van der Waals surface area contributed by atoms with E-state index in [4.69, 9.17) is 9.84 Å². The molecule has 1 saturated heterocycles. The molecule has 86 valence electrons. The predicted octanol–water partition coefficient (Wildman–Crippen LogP) is 0.866. The van der Waals surface area contributed by atoms with E-state index in [2.05, 4.69) is 5.32 Å². The molecule has 1 aliphatic heterocycles. The molecule has 0 aromatic heterocycles. The Labute approximate surface area is 90.0 Å². The predicted molar refractivity (Wildman–Crippen MR) is 55.7 cm³/mol. The van der Waals surface area contributed by atoms with Crippen LogP contribution in [0.1, 0.15) is 25.7 Å². The smallest absolute Gasteiger partial charge is 0.308 e. The molecule has 1 heterocycles. The zero-order chi connectivity index (χ0) is 10.7. The highest BCUT2D eigenvalue weighted by atomic mass is 16.5. The number of carboxylic acids is 1. The van der Waals surface area contributed by atoms with Gasteiger partial charge in [-0.1, -0.05) is 0 Å². The van der Waals surface area contributed by atoms with E-state index in [9.17, 15) is 4.79 Å². The van der Waals surface area contributed by atoms with Gasteiger partial charge >= 0.3 is 5.97 Å². The number of nitrogens with one attached hydrogen (secondary N) is 1. The summed E-state index contributed by atoms with van der Waals surface area (Å²) < 4.78 is 5.38. The normalized spacial score (nSPS) is 35.9. The first-order chi connectivity index (χ1) is 7.27. The molecule has 4 heteroatoms. The Hall–Kier alpha value is -0.610. The number of hydrogen-bond donors (Lipinski definition) is 2. The van der Waals surface area contributed by atoms with Gasteiger partial charge < -0.3 is 15.2 Å². The van der Waals surface area contributed by atoms with Gasteiger partial charge in [-0.15, -0.1) is 0 Å².